The van der Waals surface area contributed by atoms with Gasteiger partial charge in [0.1, 0.15) is 6.61 Å². The van der Waals surface area contributed by atoms with Crippen molar-refractivity contribution in [2.75, 3.05) is 25.5 Å². The lowest BCUT2D eigenvalue weighted by Crippen LogP contribution is -2.36. The highest BCUT2D eigenvalue weighted by atomic mass is 35.5. The first kappa shape index (κ1) is 25.0. The molecule has 32 heavy (non-hydrogen) atoms. The Morgan fingerprint density at radius 2 is 1.62 bits per heavy atom. The molecule has 0 aliphatic carbocycles. The molecule has 170 valence electrons. The number of carbonyl (C=O) groups excluding carboxylic acids is 1. The predicted octanol–water partition coefficient (Wildman–Crippen LogP) is 5.08. The molecule has 0 saturated heterocycles. The second kappa shape index (κ2) is 13.2. The summed E-state index contributed by atoms with van der Waals surface area (Å²) < 4.78 is 11.5. The van der Waals surface area contributed by atoms with E-state index in [1.807, 2.05) is 78.9 Å². The van der Waals surface area contributed by atoms with Crippen LogP contribution in [0.15, 0.2) is 78.9 Å². The minimum Gasteiger partial charge on any atom is -0.493 e. The number of carbonyl (C=O) groups is 1. The molecule has 0 aliphatic rings. The van der Waals surface area contributed by atoms with Crippen molar-refractivity contribution in [3.63, 3.8) is 0 Å². The third kappa shape index (κ3) is 7.48. The first-order valence-electron chi connectivity index (χ1n) is 10.3. The number of nitrogens with zero attached hydrogens (tertiary/aromatic N) is 1. The zero-order chi connectivity index (χ0) is 21.9. The van der Waals surface area contributed by atoms with Gasteiger partial charge in [0.05, 0.1) is 7.11 Å². The van der Waals surface area contributed by atoms with E-state index in [-0.39, 0.29) is 18.4 Å². The van der Waals surface area contributed by atoms with Gasteiger partial charge in [0.2, 0.25) is 0 Å². The number of halogens is 1. The number of urea groups is 1. The molecule has 0 atom stereocenters. The Kier molecular flexibility index (Phi) is 10.4. The fraction of sp³-hybridized carbons (Fsp3) is 0.240. The first-order chi connectivity index (χ1) is 15.2. The molecule has 0 unspecified atom stereocenters. The van der Waals surface area contributed by atoms with Gasteiger partial charge in [-0.2, -0.15) is 0 Å². The smallest absolute Gasteiger partial charge is 0.322 e. The first-order valence-corrected chi connectivity index (χ1v) is 10.3. The second-order valence-electron chi connectivity index (χ2n) is 7.12. The highest BCUT2D eigenvalue weighted by Crippen LogP contribution is 2.29. The van der Waals surface area contributed by atoms with Gasteiger partial charge in [0, 0.05) is 18.8 Å². The van der Waals surface area contributed by atoms with Gasteiger partial charge >= 0.3 is 6.03 Å². The van der Waals surface area contributed by atoms with Crippen molar-refractivity contribution in [2.45, 2.75) is 19.6 Å². The second-order valence-corrected chi connectivity index (χ2v) is 7.12. The SMILES string of the molecule is COc1cc(CN(CCCN)C(=O)Nc2ccccc2)ccc1OCc1ccccc1.Cl. The van der Waals surface area contributed by atoms with Crippen LogP contribution in [0.3, 0.4) is 0 Å². The summed E-state index contributed by atoms with van der Waals surface area (Å²) in [5.41, 5.74) is 8.46. The Hall–Kier alpha value is -3.22. The quantitative estimate of drug-likeness (QED) is 0.447. The van der Waals surface area contributed by atoms with E-state index in [1.54, 1.807) is 12.0 Å². The van der Waals surface area contributed by atoms with Crippen molar-refractivity contribution in [3.8, 4) is 11.5 Å². The number of amides is 2. The van der Waals surface area contributed by atoms with Crippen molar-refractivity contribution < 1.29 is 14.3 Å². The normalized spacial score (nSPS) is 10.1. The topological polar surface area (TPSA) is 76.8 Å². The average Bonchev–Trinajstić information content (AvgIpc) is 2.82. The molecule has 3 aromatic carbocycles. The van der Waals surface area contributed by atoms with E-state index in [4.69, 9.17) is 15.2 Å². The van der Waals surface area contributed by atoms with Crippen molar-refractivity contribution in [1.82, 2.24) is 4.90 Å². The molecule has 0 aromatic heterocycles. The van der Waals surface area contributed by atoms with E-state index in [0.29, 0.717) is 37.7 Å². The zero-order valence-electron chi connectivity index (χ0n) is 18.2. The Bertz CT molecular complexity index is 955. The summed E-state index contributed by atoms with van der Waals surface area (Å²) >= 11 is 0. The Morgan fingerprint density at radius 3 is 2.28 bits per heavy atom. The van der Waals surface area contributed by atoms with Crippen LogP contribution in [0.2, 0.25) is 0 Å². The van der Waals surface area contributed by atoms with Crippen LogP contribution in [0.4, 0.5) is 10.5 Å². The molecule has 0 spiro atoms. The van der Waals surface area contributed by atoms with E-state index in [0.717, 1.165) is 23.2 Å². The van der Waals surface area contributed by atoms with Crippen molar-refractivity contribution in [1.29, 1.82) is 0 Å². The molecule has 7 heteroatoms. The Morgan fingerprint density at radius 1 is 0.938 bits per heavy atom. The third-order valence-electron chi connectivity index (χ3n) is 4.78. The number of hydrogen-bond donors (Lipinski definition) is 2. The number of hydrogen-bond acceptors (Lipinski definition) is 4. The maximum atomic E-state index is 12.8. The maximum absolute atomic E-state index is 12.8. The molecule has 0 fully saturated rings. The number of anilines is 1. The molecule has 0 aliphatic heterocycles. The minimum atomic E-state index is -0.164. The summed E-state index contributed by atoms with van der Waals surface area (Å²) in [6.45, 7) is 1.97. The van der Waals surface area contributed by atoms with Gasteiger partial charge in [-0.15, -0.1) is 12.4 Å². The van der Waals surface area contributed by atoms with E-state index >= 15 is 0 Å². The molecule has 0 radical (unpaired) electrons. The van der Waals surface area contributed by atoms with E-state index in [1.165, 1.54) is 0 Å². The zero-order valence-corrected chi connectivity index (χ0v) is 19.0. The van der Waals surface area contributed by atoms with Crippen molar-refractivity contribution >= 4 is 24.1 Å². The van der Waals surface area contributed by atoms with Gasteiger partial charge < -0.3 is 25.4 Å². The third-order valence-corrected chi connectivity index (χ3v) is 4.78. The molecule has 0 bridgehead atoms. The van der Waals surface area contributed by atoms with Crippen LogP contribution >= 0.6 is 12.4 Å². The number of nitrogens with one attached hydrogen (secondary N) is 1. The number of methoxy groups -OCH3 is 1. The highest BCUT2D eigenvalue weighted by molar-refractivity contribution is 5.89. The summed E-state index contributed by atoms with van der Waals surface area (Å²) in [6, 6.07) is 25.0. The van der Waals surface area contributed by atoms with E-state index in [2.05, 4.69) is 5.32 Å². The van der Waals surface area contributed by atoms with Gasteiger partial charge in [-0.1, -0.05) is 54.6 Å². The van der Waals surface area contributed by atoms with Crippen LogP contribution in [0.25, 0.3) is 0 Å². The van der Waals surface area contributed by atoms with Gasteiger partial charge in [-0.25, -0.2) is 4.79 Å². The molecule has 0 heterocycles. The van der Waals surface area contributed by atoms with Gasteiger partial charge in [0.25, 0.3) is 0 Å². The monoisotopic (exact) mass is 455 g/mol. The fourth-order valence-corrected chi connectivity index (χ4v) is 3.14. The summed E-state index contributed by atoms with van der Waals surface area (Å²) in [6.07, 6.45) is 0.720. The number of ether oxygens (including phenoxy) is 2. The molecule has 2 amide bonds. The van der Waals surface area contributed by atoms with Crippen LogP contribution in [0.1, 0.15) is 17.5 Å². The molecule has 0 saturated carbocycles. The maximum Gasteiger partial charge on any atom is 0.322 e. The number of para-hydroxylation sites is 1. The average molecular weight is 456 g/mol. The summed E-state index contributed by atoms with van der Waals surface area (Å²) in [5, 5.41) is 2.94. The lowest BCUT2D eigenvalue weighted by atomic mass is 10.1. The lowest BCUT2D eigenvalue weighted by Gasteiger charge is -2.23. The van der Waals surface area contributed by atoms with Gasteiger partial charge in [-0.05, 0) is 48.4 Å². The van der Waals surface area contributed by atoms with Gasteiger partial charge in [-0.3, -0.25) is 0 Å². The number of benzene rings is 3. The molecular weight excluding hydrogens is 426 g/mol. The standard InChI is InChI=1S/C25H29N3O3.ClH/c1-30-24-17-21(13-14-23(24)31-19-20-9-4-2-5-10-20)18-28(16-8-15-26)25(29)27-22-11-6-3-7-12-22;/h2-7,9-14,17H,8,15-16,18-19,26H2,1H3,(H,27,29);1H. The largest absolute Gasteiger partial charge is 0.493 e. The van der Waals surface area contributed by atoms with Crippen LogP contribution in [-0.2, 0) is 13.2 Å². The van der Waals surface area contributed by atoms with E-state index < -0.39 is 0 Å². The predicted molar refractivity (Wildman–Crippen MR) is 131 cm³/mol. The van der Waals surface area contributed by atoms with Gasteiger partial charge in [0.15, 0.2) is 11.5 Å². The Balaban J connectivity index is 0.00000363. The van der Waals surface area contributed by atoms with E-state index in [9.17, 15) is 4.79 Å². The number of rotatable bonds is 10. The highest BCUT2D eigenvalue weighted by Gasteiger charge is 2.15. The molecule has 3 N–H and O–H groups in total. The van der Waals surface area contributed by atoms with Crippen LogP contribution in [0, 0.1) is 0 Å². The molecule has 3 aromatic rings. The minimum absolute atomic E-state index is 0. The van der Waals surface area contributed by atoms with Crippen molar-refractivity contribution in [3.05, 3.63) is 90.0 Å². The molecular formula is C25H30ClN3O3. The summed E-state index contributed by atoms with van der Waals surface area (Å²) in [4.78, 5) is 14.6. The van der Waals surface area contributed by atoms with Crippen LogP contribution in [-0.4, -0.2) is 31.1 Å². The molecule has 3 rings (SSSR count). The van der Waals surface area contributed by atoms with Crippen LogP contribution < -0.4 is 20.5 Å². The summed E-state index contributed by atoms with van der Waals surface area (Å²) in [5.74, 6) is 1.30. The number of nitrogens with two attached hydrogens (primary N) is 1. The molecule has 6 nitrogen and oxygen atoms in total. The fourth-order valence-electron chi connectivity index (χ4n) is 3.14. The lowest BCUT2D eigenvalue weighted by molar-refractivity contribution is 0.208. The Labute approximate surface area is 195 Å². The summed E-state index contributed by atoms with van der Waals surface area (Å²) in [7, 11) is 1.61. The van der Waals surface area contributed by atoms with Crippen molar-refractivity contribution in [2.24, 2.45) is 5.73 Å². The van der Waals surface area contributed by atoms with Crippen LogP contribution in [0.5, 0.6) is 11.5 Å².